The quantitative estimate of drug-likeness (QED) is 0.544. The van der Waals surface area contributed by atoms with Crippen LogP contribution in [-0.4, -0.2) is 75.5 Å². The second-order valence-corrected chi connectivity index (χ2v) is 13.1. The Morgan fingerprint density at radius 1 is 0.879 bits per heavy atom. The fraction of sp³-hybridized carbons (Fsp3) is 0.476. The lowest BCUT2D eigenvalue weighted by atomic mass is 10.1. The molecular formula is C21H26Cl2N4O4S2. The Bertz CT molecular complexity index is 1190. The van der Waals surface area contributed by atoms with Crippen LogP contribution in [0.5, 0.6) is 0 Å². The molecular weight excluding hydrogens is 507 g/mol. The van der Waals surface area contributed by atoms with Crippen LogP contribution in [0.15, 0.2) is 47.6 Å². The summed E-state index contributed by atoms with van der Waals surface area (Å²) in [6.45, 7) is 2.79. The molecule has 3 heterocycles. The van der Waals surface area contributed by atoms with Gasteiger partial charge in [0.25, 0.3) is 0 Å². The number of sulfonamides is 2. The zero-order valence-electron chi connectivity index (χ0n) is 18.0. The number of hydrogen-bond donors (Lipinski definition) is 0. The fourth-order valence-corrected chi connectivity index (χ4v) is 7.79. The minimum atomic E-state index is -3.70. The van der Waals surface area contributed by atoms with Crippen LogP contribution < -0.4 is 4.90 Å². The maximum atomic E-state index is 12.9. The lowest BCUT2D eigenvalue weighted by Crippen LogP contribution is -2.49. The highest BCUT2D eigenvalue weighted by Crippen LogP contribution is 2.30. The molecule has 0 spiro atoms. The van der Waals surface area contributed by atoms with Crippen LogP contribution in [0.4, 0.5) is 5.69 Å². The molecule has 0 bridgehead atoms. The van der Waals surface area contributed by atoms with Crippen molar-refractivity contribution in [1.82, 2.24) is 13.6 Å². The summed E-state index contributed by atoms with van der Waals surface area (Å²) in [6, 6.07) is 8.09. The highest BCUT2D eigenvalue weighted by Gasteiger charge is 2.34. The third-order valence-electron chi connectivity index (χ3n) is 6.22. The van der Waals surface area contributed by atoms with Crippen molar-refractivity contribution in [3.05, 3.63) is 52.8 Å². The maximum absolute atomic E-state index is 12.9. The van der Waals surface area contributed by atoms with E-state index < -0.39 is 20.0 Å². The molecule has 0 aliphatic carbocycles. The van der Waals surface area contributed by atoms with E-state index in [0.29, 0.717) is 57.1 Å². The molecule has 12 heteroatoms. The summed E-state index contributed by atoms with van der Waals surface area (Å²) < 4.78 is 54.6. The molecule has 2 aliphatic rings. The molecule has 2 aliphatic heterocycles. The Labute approximate surface area is 205 Å². The third kappa shape index (κ3) is 5.63. The van der Waals surface area contributed by atoms with E-state index in [9.17, 15) is 16.8 Å². The van der Waals surface area contributed by atoms with Crippen molar-refractivity contribution in [2.45, 2.75) is 17.7 Å². The molecule has 0 saturated carbocycles. The molecule has 1 aromatic heterocycles. The first-order valence-corrected chi connectivity index (χ1v) is 14.6. The average Bonchev–Trinajstić information content (AvgIpc) is 3.30. The van der Waals surface area contributed by atoms with Crippen LogP contribution in [0.2, 0.25) is 10.0 Å². The molecule has 0 amide bonds. The summed E-state index contributed by atoms with van der Waals surface area (Å²) in [5.74, 6) is 0.0172. The molecule has 1 aromatic carbocycles. The summed E-state index contributed by atoms with van der Waals surface area (Å²) in [7, 11) is -7.09. The summed E-state index contributed by atoms with van der Waals surface area (Å²) in [5.41, 5.74) is 1.04. The Balaban J connectivity index is 1.30. The van der Waals surface area contributed by atoms with Gasteiger partial charge in [-0.05, 0) is 49.1 Å². The second-order valence-electron chi connectivity index (χ2n) is 8.29. The number of nitrogens with zero attached hydrogens (tertiary/aromatic N) is 4. The molecule has 1 atom stereocenters. The molecule has 8 nitrogen and oxygen atoms in total. The topological polar surface area (TPSA) is 90.9 Å². The molecule has 0 radical (unpaired) electrons. The van der Waals surface area contributed by atoms with E-state index in [0.717, 1.165) is 5.69 Å². The van der Waals surface area contributed by atoms with Crippen molar-refractivity contribution in [1.29, 1.82) is 0 Å². The van der Waals surface area contributed by atoms with Crippen LogP contribution >= 0.6 is 23.2 Å². The van der Waals surface area contributed by atoms with Crippen LogP contribution in [0.3, 0.4) is 0 Å². The molecule has 180 valence electrons. The Hall–Kier alpha value is -1.43. The van der Waals surface area contributed by atoms with Gasteiger partial charge in [-0.2, -0.15) is 8.61 Å². The van der Waals surface area contributed by atoms with Crippen molar-refractivity contribution in [3.63, 3.8) is 0 Å². The van der Waals surface area contributed by atoms with Crippen molar-refractivity contribution < 1.29 is 16.8 Å². The average molecular weight is 534 g/mol. The lowest BCUT2D eigenvalue weighted by Gasteiger charge is -2.35. The van der Waals surface area contributed by atoms with Crippen molar-refractivity contribution in [2.75, 3.05) is 49.9 Å². The first kappa shape index (κ1) is 24.7. The van der Waals surface area contributed by atoms with Gasteiger partial charge in [-0.15, -0.1) is 0 Å². The summed E-state index contributed by atoms with van der Waals surface area (Å²) in [4.78, 5) is 6.26. The van der Waals surface area contributed by atoms with Gasteiger partial charge in [0.2, 0.25) is 20.0 Å². The highest BCUT2D eigenvalue weighted by atomic mass is 35.5. The van der Waals surface area contributed by atoms with Crippen LogP contribution in [0.1, 0.15) is 12.8 Å². The van der Waals surface area contributed by atoms with Gasteiger partial charge in [0.1, 0.15) is 0 Å². The first-order valence-electron chi connectivity index (χ1n) is 10.7. The van der Waals surface area contributed by atoms with Gasteiger partial charge in [-0.3, -0.25) is 4.98 Å². The SMILES string of the molecule is O=S(=O)(CCC1CCN(S(=O)(=O)c2ccc(Cl)c(Cl)c2)C1)N1CCN(c2ccncc2)CC1. The Morgan fingerprint density at radius 2 is 1.58 bits per heavy atom. The summed E-state index contributed by atoms with van der Waals surface area (Å²) in [6.07, 6.45) is 4.52. The van der Waals surface area contributed by atoms with Gasteiger partial charge < -0.3 is 4.90 Å². The largest absolute Gasteiger partial charge is 0.369 e. The minimum absolute atomic E-state index is 0.00423. The predicted octanol–water partition coefficient (Wildman–Crippen LogP) is 2.94. The number of pyridine rings is 1. The van der Waals surface area contributed by atoms with Crippen LogP contribution in [0, 0.1) is 5.92 Å². The monoisotopic (exact) mass is 532 g/mol. The number of piperazine rings is 1. The zero-order valence-corrected chi connectivity index (χ0v) is 21.1. The van der Waals surface area contributed by atoms with E-state index in [4.69, 9.17) is 23.2 Å². The number of rotatable bonds is 7. The van der Waals surface area contributed by atoms with Gasteiger partial charge in [-0.1, -0.05) is 23.2 Å². The highest BCUT2D eigenvalue weighted by molar-refractivity contribution is 7.89. The fourth-order valence-electron chi connectivity index (χ4n) is 4.26. The number of aromatic nitrogens is 1. The summed E-state index contributed by atoms with van der Waals surface area (Å²) in [5, 5.41) is 0.477. The van der Waals surface area contributed by atoms with E-state index in [2.05, 4.69) is 9.88 Å². The first-order chi connectivity index (χ1) is 15.7. The van der Waals surface area contributed by atoms with E-state index in [1.165, 1.54) is 22.5 Å². The lowest BCUT2D eigenvalue weighted by molar-refractivity contribution is 0.381. The van der Waals surface area contributed by atoms with Crippen LogP contribution in [-0.2, 0) is 20.0 Å². The van der Waals surface area contributed by atoms with Gasteiger partial charge in [0, 0.05) is 57.3 Å². The van der Waals surface area contributed by atoms with Gasteiger partial charge in [0.15, 0.2) is 0 Å². The number of hydrogen-bond acceptors (Lipinski definition) is 6. The van der Waals surface area contributed by atoms with E-state index in [1.807, 2.05) is 12.1 Å². The van der Waals surface area contributed by atoms with Crippen molar-refractivity contribution in [3.8, 4) is 0 Å². The molecule has 33 heavy (non-hydrogen) atoms. The zero-order chi connectivity index (χ0) is 23.6. The molecule has 2 aromatic rings. The maximum Gasteiger partial charge on any atom is 0.243 e. The van der Waals surface area contributed by atoms with Gasteiger partial charge in [-0.25, -0.2) is 16.8 Å². The van der Waals surface area contributed by atoms with Crippen molar-refractivity contribution >= 4 is 48.9 Å². The van der Waals surface area contributed by atoms with Crippen LogP contribution in [0.25, 0.3) is 0 Å². The van der Waals surface area contributed by atoms with E-state index >= 15 is 0 Å². The standard InChI is InChI=1S/C21H26Cl2N4O4S2/c22-20-2-1-19(15-21(20)23)33(30,31)27-9-5-17(16-27)6-14-32(28,29)26-12-10-25(11-13-26)18-3-7-24-8-4-18/h1-4,7-8,15,17H,5-6,9-14,16H2. The van der Waals surface area contributed by atoms with Gasteiger partial charge >= 0.3 is 0 Å². The normalized spacial score (nSPS) is 20.9. The molecule has 2 saturated heterocycles. The van der Waals surface area contributed by atoms with Gasteiger partial charge in [0.05, 0.1) is 20.7 Å². The van der Waals surface area contributed by atoms with E-state index in [1.54, 1.807) is 16.7 Å². The number of benzene rings is 1. The Morgan fingerprint density at radius 3 is 2.24 bits per heavy atom. The third-order valence-corrected chi connectivity index (χ3v) is 10.7. The molecule has 0 N–H and O–H groups in total. The predicted molar refractivity (Wildman–Crippen MR) is 130 cm³/mol. The summed E-state index contributed by atoms with van der Waals surface area (Å²) >= 11 is 11.9. The van der Waals surface area contributed by atoms with Crippen molar-refractivity contribution in [2.24, 2.45) is 5.92 Å². The molecule has 4 rings (SSSR count). The molecule has 2 fully saturated rings. The second kappa shape index (κ2) is 10.1. The Kier molecular flexibility index (Phi) is 7.52. The number of halogens is 2. The minimum Gasteiger partial charge on any atom is -0.369 e. The smallest absolute Gasteiger partial charge is 0.243 e. The van der Waals surface area contributed by atoms with E-state index in [-0.39, 0.29) is 21.6 Å². The molecule has 1 unspecified atom stereocenters. The number of anilines is 1.